The highest BCUT2D eigenvalue weighted by Crippen LogP contribution is 2.31. The van der Waals surface area contributed by atoms with Crippen LogP contribution in [-0.2, 0) is 24.3 Å². The molecule has 0 unspecified atom stereocenters. The van der Waals surface area contributed by atoms with Gasteiger partial charge in [0, 0.05) is 90.7 Å². The first-order chi connectivity index (χ1) is 28.8. The Kier molecular flexibility index (Phi) is 15.4. The third-order valence-electron chi connectivity index (χ3n) is 10.9. The van der Waals surface area contributed by atoms with Gasteiger partial charge in [0.25, 0.3) is 5.91 Å². The van der Waals surface area contributed by atoms with Gasteiger partial charge in [0.15, 0.2) is 5.78 Å². The van der Waals surface area contributed by atoms with Gasteiger partial charge in [-0.2, -0.15) is 0 Å². The summed E-state index contributed by atoms with van der Waals surface area (Å²) in [6.07, 6.45) is 1.07. The summed E-state index contributed by atoms with van der Waals surface area (Å²) in [4.78, 5) is 67.6. The van der Waals surface area contributed by atoms with Crippen molar-refractivity contribution in [3.63, 3.8) is 0 Å². The van der Waals surface area contributed by atoms with Crippen molar-refractivity contribution in [1.29, 1.82) is 0 Å². The van der Waals surface area contributed by atoms with E-state index in [0.29, 0.717) is 67.6 Å². The SMILES string of the molecule is CCN1C(=O)CCC(=O)c2ccc(Br)cc21.CCN1CCN(C[C@H](O)CN2CCc3ccccc3C2)C(=O)c2ccc(Br)cc21.CCn1c(=O)oc(=O)c2ccc(Br)cc21. The number of nitrogens with zero attached hydrogens (tertiary/aromatic N) is 5. The number of amides is 2. The monoisotopic (exact) mass is 1010 g/mol. The van der Waals surface area contributed by atoms with Crippen LogP contribution in [0.5, 0.6) is 0 Å². The lowest BCUT2D eigenvalue weighted by atomic mass is 10.00. The van der Waals surface area contributed by atoms with Gasteiger partial charge in [-0.15, -0.1) is 0 Å². The second-order valence-corrected chi connectivity index (χ2v) is 17.4. The zero-order chi connectivity index (χ0) is 43.1. The van der Waals surface area contributed by atoms with Crippen molar-refractivity contribution < 1.29 is 23.9 Å². The van der Waals surface area contributed by atoms with Crippen LogP contribution < -0.4 is 21.2 Å². The third kappa shape index (κ3) is 10.5. The Bertz CT molecular complexity index is 2510. The highest BCUT2D eigenvalue weighted by atomic mass is 79.9. The number of aryl methyl sites for hydroxylation is 1. The zero-order valence-electron chi connectivity index (χ0n) is 33.8. The maximum absolute atomic E-state index is 13.2. The van der Waals surface area contributed by atoms with Crippen LogP contribution in [0.1, 0.15) is 65.5 Å². The molecule has 0 aliphatic carbocycles. The summed E-state index contributed by atoms with van der Waals surface area (Å²) in [7, 11) is 0. The van der Waals surface area contributed by atoms with Crippen LogP contribution in [0.4, 0.5) is 11.4 Å². The Hall–Kier alpha value is -4.41. The minimum Gasteiger partial charge on any atom is -0.390 e. The second-order valence-electron chi connectivity index (χ2n) is 14.7. The molecule has 0 spiro atoms. The summed E-state index contributed by atoms with van der Waals surface area (Å²) in [5, 5.41) is 11.2. The lowest BCUT2D eigenvalue weighted by molar-refractivity contribution is -0.118. The Balaban J connectivity index is 0.000000165. The molecule has 60 heavy (non-hydrogen) atoms. The number of halogens is 3. The zero-order valence-corrected chi connectivity index (χ0v) is 38.6. The fraction of sp³-hybridized carbons (Fsp3) is 0.356. The summed E-state index contributed by atoms with van der Waals surface area (Å²) in [6.45, 7) is 11.9. The molecule has 0 radical (unpaired) electrons. The number of aromatic nitrogens is 1. The topological polar surface area (TPSA) is 137 Å². The first kappa shape index (κ1) is 45.1. The number of carbonyl (C=O) groups excluding carboxylic acids is 3. The number of carbonyl (C=O) groups is 3. The molecule has 0 fully saturated rings. The van der Waals surface area contributed by atoms with E-state index in [1.807, 2.05) is 49.1 Å². The van der Waals surface area contributed by atoms with Gasteiger partial charge < -0.3 is 24.2 Å². The highest BCUT2D eigenvalue weighted by Gasteiger charge is 2.29. The van der Waals surface area contributed by atoms with E-state index in [1.54, 1.807) is 29.2 Å². The van der Waals surface area contributed by atoms with Crippen LogP contribution in [-0.4, -0.2) is 89.0 Å². The van der Waals surface area contributed by atoms with E-state index in [-0.39, 0.29) is 17.6 Å². The summed E-state index contributed by atoms with van der Waals surface area (Å²) < 4.78 is 8.68. The molecular weight excluding hydrogens is 962 g/mol. The van der Waals surface area contributed by atoms with Gasteiger partial charge in [0.05, 0.1) is 33.9 Å². The number of benzene rings is 4. The molecule has 3 aliphatic rings. The fourth-order valence-corrected chi connectivity index (χ4v) is 8.87. The van der Waals surface area contributed by atoms with Crippen molar-refractivity contribution in [1.82, 2.24) is 14.4 Å². The molecule has 1 aromatic heterocycles. The Morgan fingerprint density at radius 3 is 2.02 bits per heavy atom. The van der Waals surface area contributed by atoms with Crippen LogP contribution in [0.3, 0.4) is 0 Å². The van der Waals surface area contributed by atoms with E-state index in [2.05, 4.69) is 93.2 Å². The smallest absolute Gasteiger partial charge is 0.390 e. The van der Waals surface area contributed by atoms with E-state index in [0.717, 1.165) is 57.4 Å². The normalized spacial score (nSPS) is 15.8. The van der Waals surface area contributed by atoms with Gasteiger partial charge >= 0.3 is 11.4 Å². The summed E-state index contributed by atoms with van der Waals surface area (Å²) in [5.41, 5.74) is 5.81. The summed E-state index contributed by atoms with van der Waals surface area (Å²) in [5.74, 6) is -0.543. The van der Waals surface area contributed by atoms with E-state index in [1.165, 1.54) is 15.7 Å². The Morgan fingerprint density at radius 1 is 0.667 bits per heavy atom. The molecule has 0 saturated heterocycles. The van der Waals surface area contributed by atoms with E-state index >= 15 is 0 Å². The highest BCUT2D eigenvalue weighted by molar-refractivity contribution is 9.11. The molecule has 0 bridgehead atoms. The second kappa shape index (κ2) is 20.4. The van der Waals surface area contributed by atoms with Gasteiger partial charge in [0.1, 0.15) is 0 Å². The number of hydrogen-bond donors (Lipinski definition) is 1. The van der Waals surface area contributed by atoms with Crippen molar-refractivity contribution in [3.8, 4) is 0 Å². The first-order valence-corrected chi connectivity index (χ1v) is 22.5. The average molecular weight is 1010 g/mol. The predicted molar refractivity (Wildman–Crippen MR) is 245 cm³/mol. The van der Waals surface area contributed by atoms with Crippen molar-refractivity contribution >= 4 is 87.7 Å². The molecule has 4 aromatic carbocycles. The molecule has 3 aliphatic heterocycles. The molecule has 1 N–H and O–H groups in total. The van der Waals surface area contributed by atoms with Crippen LogP contribution in [0, 0.1) is 0 Å². The van der Waals surface area contributed by atoms with Gasteiger partial charge in [0.2, 0.25) is 5.91 Å². The molecule has 12 nitrogen and oxygen atoms in total. The van der Waals surface area contributed by atoms with Gasteiger partial charge in [-0.25, -0.2) is 9.59 Å². The number of rotatable bonds is 7. The quantitative estimate of drug-likeness (QED) is 0.174. The van der Waals surface area contributed by atoms with E-state index in [4.69, 9.17) is 0 Å². The fourth-order valence-electron chi connectivity index (χ4n) is 7.83. The number of Topliss-reactive ketones (excluding diaryl/α,β-unsaturated/α-hetero) is 1. The largest absolute Gasteiger partial charge is 0.422 e. The summed E-state index contributed by atoms with van der Waals surface area (Å²) in [6, 6.07) is 24.9. The summed E-state index contributed by atoms with van der Waals surface area (Å²) >= 11 is 10.2. The molecule has 4 heterocycles. The van der Waals surface area contributed by atoms with E-state index in [9.17, 15) is 29.1 Å². The van der Waals surface area contributed by atoms with Gasteiger partial charge in [-0.1, -0.05) is 72.1 Å². The number of β-amino-alcohol motifs (C(OH)–C–C–N with tert-alkyl or cyclic N) is 1. The number of hydrogen-bond acceptors (Lipinski definition) is 9. The molecule has 15 heteroatoms. The maximum Gasteiger partial charge on any atom is 0.422 e. The number of likely N-dealkylation sites (N-methyl/N-ethyl adjacent to an activating group) is 1. The minimum absolute atomic E-state index is 0.00601. The predicted octanol–water partition coefficient (Wildman–Crippen LogP) is 7.67. The maximum atomic E-state index is 13.2. The molecule has 5 aromatic rings. The minimum atomic E-state index is -0.617. The van der Waals surface area contributed by atoms with Crippen molar-refractivity contribution in [2.24, 2.45) is 0 Å². The van der Waals surface area contributed by atoms with Gasteiger partial charge in [-0.3, -0.25) is 23.9 Å². The first-order valence-electron chi connectivity index (χ1n) is 20.1. The molecular formula is C45H48Br3N5O7. The number of anilines is 2. The number of ketones is 1. The van der Waals surface area contributed by atoms with Crippen molar-refractivity contribution in [2.45, 2.75) is 59.2 Å². The average Bonchev–Trinajstić information content (AvgIpc) is 3.43. The molecule has 316 valence electrons. The van der Waals surface area contributed by atoms with Gasteiger partial charge in [-0.05, 0) is 92.9 Å². The third-order valence-corrected chi connectivity index (χ3v) is 12.4. The van der Waals surface area contributed by atoms with Crippen LogP contribution in [0.25, 0.3) is 10.9 Å². The number of fused-ring (bicyclic) bond motifs is 4. The van der Waals surface area contributed by atoms with Crippen LogP contribution in [0.15, 0.2) is 106 Å². The lowest BCUT2D eigenvalue weighted by Crippen LogP contribution is -2.45. The van der Waals surface area contributed by atoms with Crippen molar-refractivity contribution in [2.75, 3.05) is 55.6 Å². The van der Waals surface area contributed by atoms with E-state index < -0.39 is 17.5 Å². The van der Waals surface area contributed by atoms with Crippen LogP contribution in [0.2, 0.25) is 0 Å². The van der Waals surface area contributed by atoms with Crippen LogP contribution >= 0.6 is 47.8 Å². The molecule has 1 atom stereocenters. The molecule has 8 rings (SSSR count). The number of aliphatic hydroxyl groups excluding tert-OH is 1. The van der Waals surface area contributed by atoms with Crippen molar-refractivity contribution in [3.05, 3.63) is 136 Å². The Labute approximate surface area is 374 Å². The molecule has 0 saturated carbocycles. The number of aliphatic hydroxyl groups is 1. The Morgan fingerprint density at radius 2 is 1.32 bits per heavy atom. The lowest BCUT2D eigenvalue weighted by Gasteiger charge is -2.32. The molecule has 2 amide bonds. The standard InChI is InChI=1S/C23H28BrN3O2.C12H12BrNO2.C10H8BrNO3/c1-2-26-11-12-27(23(29)21-8-7-19(24)13-22(21)26)16-20(28)15-25-10-9-17-5-3-4-6-18(17)14-25;1-2-14-10-7-8(13)3-4-9(10)11(15)5-6-12(14)16;1-2-12-8-5-6(11)3-4-7(8)9(13)15-10(12)14/h3-8,13,20,28H,2,9-12,14-16H2,1H3;3-4,7H,2,5-6H2,1H3;3-5H,2H2,1H3/t20-;;/m1../s1.